The predicted molar refractivity (Wildman–Crippen MR) is 221 cm³/mol. The van der Waals surface area contributed by atoms with Crippen LogP contribution in [0.3, 0.4) is 0 Å². The molecule has 6 aromatic rings. The molecule has 2 heteroatoms. The van der Waals surface area contributed by atoms with Crippen LogP contribution in [0.2, 0.25) is 0 Å². The van der Waals surface area contributed by atoms with Crippen LogP contribution in [0.5, 0.6) is 5.75 Å². The summed E-state index contributed by atoms with van der Waals surface area (Å²) < 4.78 is 7.04. The van der Waals surface area contributed by atoms with Crippen molar-refractivity contribution in [2.45, 2.75) is 47.1 Å². The first-order valence-corrected chi connectivity index (χ1v) is 18.0. The van der Waals surface area contributed by atoms with Gasteiger partial charge in [-0.15, -0.1) is 0 Å². The minimum atomic E-state index is -0.722. The molecule has 254 valence electrons. The lowest BCUT2D eigenvalue weighted by Crippen LogP contribution is -2.34. The Morgan fingerprint density at radius 3 is 1.92 bits per heavy atom. The number of rotatable bonds is 8. The molecule has 0 N–H and O–H groups in total. The van der Waals surface area contributed by atoms with E-state index in [-0.39, 0.29) is 0 Å². The van der Waals surface area contributed by atoms with Crippen LogP contribution in [-0.2, 0) is 5.60 Å². The third-order valence-electron chi connectivity index (χ3n) is 9.14. The molecule has 0 aromatic heterocycles. The van der Waals surface area contributed by atoms with Crippen molar-refractivity contribution in [2.24, 2.45) is 0 Å². The Morgan fingerprint density at radius 1 is 0.647 bits per heavy atom. The number of anilines is 2. The zero-order chi connectivity index (χ0) is 35.8. The van der Waals surface area contributed by atoms with Crippen molar-refractivity contribution in [3.05, 3.63) is 197 Å². The average molecular weight is 666 g/mol. The van der Waals surface area contributed by atoms with Gasteiger partial charge in [0, 0.05) is 33.8 Å². The fraction of sp³-hybridized carbons (Fsp3) is 0.143. The van der Waals surface area contributed by atoms with Gasteiger partial charge in [-0.1, -0.05) is 141 Å². The molecule has 51 heavy (non-hydrogen) atoms. The smallest absolute Gasteiger partial charge is 0.178 e. The van der Waals surface area contributed by atoms with Gasteiger partial charge in [0.05, 0.1) is 0 Å². The van der Waals surface area contributed by atoms with Crippen molar-refractivity contribution in [3.63, 3.8) is 0 Å². The summed E-state index contributed by atoms with van der Waals surface area (Å²) in [5.41, 5.74) is 10.8. The van der Waals surface area contributed by atoms with Gasteiger partial charge in [0.25, 0.3) is 0 Å². The zero-order valence-electron chi connectivity index (χ0n) is 30.6. The second-order valence-corrected chi connectivity index (χ2v) is 12.7. The van der Waals surface area contributed by atoms with Gasteiger partial charge in [0.2, 0.25) is 0 Å². The molecule has 0 bridgehead atoms. The van der Waals surface area contributed by atoms with Crippen LogP contribution in [0, 0.1) is 0 Å². The Kier molecular flexibility index (Phi) is 10.8. The number of fused-ring (bicyclic) bond motifs is 3. The van der Waals surface area contributed by atoms with Crippen molar-refractivity contribution < 1.29 is 4.74 Å². The summed E-state index contributed by atoms with van der Waals surface area (Å²) in [6, 6.07) is 49.6. The minimum Gasteiger partial charge on any atom is -0.473 e. The lowest BCUT2D eigenvalue weighted by atomic mass is 9.82. The van der Waals surface area contributed by atoms with Crippen molar-refractivity contribution >= 4 is 34.3 Å². The molecule has 1 unspecified atom stereocenters. The number of hydrogen-bond donors (Lipinski definition) is 0. The van der Waals surface area contributed by atoms with Crippen LogP contribution < -0.4 is 9.64 Å². The van der Waals surface area contributed by atoms with E-state index >= 15 is 0 Å². The van der Waals surface area contributed by atoms with E-state index in [1.54, 1.807) is 0 Å². The number of ether oxygens (including phenoxy) is 1. The fourth-order valence-electron chi connectivity index (χ4n) is 6.80. The van der Waals surface area contributed by atoms with Gasteiger partial charge in [-0.25, -0.2) is 0 Å². The van der Waals surface area contributed by atoms with Crippen LogP contribution in [-0.4, -0.2) is 0 Å². The molecule has 0 radical (unpaired) electrons. The first-order chi connectivity index (χ1) is 25.0. The average Bonchev–Trinajstić information content (AvgIpc) is 3.19. The van der Waals surface area contributed by atoms with Crippen molar-refractivity contribution in [1.82, 2.24) is 0 Å². The quantitative estimate of drug-likeness (QED) is 0.150. The monoisotopic (exact) mass is 665 g/mol. The molecular formula is C49H47NO. The fourth-order valence-corrected chi connectivity index (χ4v) is 6.80. The van der Waals surface area contributed by atoms with Gasteiger partial charge in [-0.2, -0.15) is 0 Å². The summed E-state index contributed by atoms with van der Waals surface area (Å²) in [4.78, 5) is 2.29. The molecule has 1 aliphatic rings. The van der Waals surface area contributed by atoms with E-state index in [1.165, 1.54) is 33.0 Å². The molecule has 0 saturated heterocycles. The SMILES string of the molecule is C/C=C\C(=C/C)N(c1ccccc1)c1ccc(-c2ccc3c4c(ccc3c2)OC(c2ccccc2)(c2ccc(C=C(C)C)cc2)C=C4)cc1.CC. The summed E-state index contributed by atoms with van der Waals surface area (Å²) >= 11 is 0. The molecule has 6 aromatic carbocycles. The molecule has 2 nitrogen and oxygen atoms in total. The third-order valence-corrected chi connectivity index (χ3v) is 9.14. The van der Waals surface area contributed by atoms with Crippen LogP contribution in [0.25, 0.3) is 34.1 Å². The van der Waals surface area contributed by atoms with E-state index in [0.717, 1.165) is 39.5 Å². The number of para-hydroxylation sites is 1. The van der Waals surface area contributed by atoms with Gasteiger partial charge in [-0.05, 0) is 110 Å². The summed E-state index contributed by atoms with van der Waals surface area (Å²) in [5.74, 6) is 0.881. The molecule has 0 aliphatic carbocycles. The normalized spacial score (nSPS) is 15.1. The summed E-state index contributed by atoms with van der Waals surface area (Å²) in [6.45, 7) is 12.4. The Labute approximate surface area is 304 Å². The molecule has 0 fully saturated rings. The van der Waals surface area contributed by atoms with Crippen LogP contribution in [0.15, 0.2) is 175 Å². The minimum absolute atomic E-state index is 0.722. The van der Waals surface area contributed by atoms with Crippen molar-refractivity contribution in [2.75, 3.05) is 4.90 Å². The van der Waals surface area contributed by atoms with Gasteiger partial charge >= 0.3 is 0 Å². The molecule has 1 atom stereocenters. The lowest BCUT2D eigenvalue weighted by molar-refractivity contribution is 0.161. The van der Waals surface area contributed by atoms with Crippen LogP contribution in [0.1, 0.15) is 63.8 Å². The van der Waals surface area contributed by atoms with Crippen LogP contribution in [0.4, 0.5) is 11.4 Å². The van der Waals surface area contributed by atoms with E-state index in [2.05, 4.69) is 209 Å². The number of nitrogens with zero attached hydrogens (tertiary/aromatic N) is 1. The number of benzene rings is 6. The maximum atomic E-state index is 7.04. The first-order valence-electron chi connectivity index (χ1n) is 18.0. The Hall–Kier alpha value is -5.86. The van der Waals surface area contributed by atoms with Gasteiger partial charge < -0.3 is 9.64 Å². The molecule has 7 rings (SSSR count). The highest BCUT2D eigenvalue weighted by atomic mass is 16.5. The second kappa shape index (κ2) is 15.8. The van der Waals surface area contributed by atoms with E-state index in [0.29, 0.717) is 0 Å². The van der Waals surface area contributed by atoms with E-state index in [9.17, 15) is 0 Å². The highest BCUT2D eigenvalue weighted by molar-refractivity contribution is 5.96. The standard InChI is InChI=1S/C47H41NO.C2H6/c1-5-13-41(6-2)48(42-16-11-8-12-17-42)43-26-20-36(21-27-43)37-22-28-44-38(33-37)23-29-46-45(44)30-31-47(49-46,39-14-9-7-10-15-39)40-24-18-35(19-25-40)32-34(3)4;1-2/h5-33H,1-4H3;1-2H3/b13-5-,41-6+;. The van der Waals surface area contributed by atoms with Gasteiger partial charge in [-0.3, -0.25) is 0 Å². The maximum Gasteiger partial charge on any atom is 0.178 e. The Bertz CT molecular complexity index is 2200. The molecule has 0 amide bonds. The third kappa shape index (κ3) is 7.23. The first kappa shape index (κ1) is 35.0. The van der Waals surface area contributed by atoms with Gasteiger partial charge in [0.1, 0.15) is 5.75 Å². The van der Waals surface area contributed by atoms with E-state index in [1.807, 2.05) is 13.8 Å². The molecule has 0 spiro atoms. The topological polar surface area (TPSA) is 12.5 Å². The maximum absolute atomic E-state index is 7.04. The lowest BCUT2D eigenvalue weighted by Gasteiger charge is -2.36. The summed E-state index contributed by atoms with van der Waals surface area (Å²) in [5, 5.41) is 2.36. The Morgan fingerprint density at radius 2 is 1.27 bits per heavy atom. The molecule has 0 saturated carbocycles. The number of hydrogen-bond acceptors (Lipinski definition) is 2. The molecular weight excluding hydrogens is 619 g/mol. The summed E-state index contributed by atoms with van der Waals surface area (Å²) in [6.07, 6.45) is 13.0. The molecule has 1 heterocycles. The van der Waals surface area contributed by atoms with Crippen molar-refractivity contribution in [3.8, 4) is 16.9 Å². The van der Waals surface area contributed by atoms with E-state index in [4.69, 9.17) is 4.74 Å². The highest BCUT2D eigenvalue weighted by Gasteiger charge is 2.37. The largest absolute Gasteiger partial charge is 0.473 e. The zero-order valence-corrected chi connectivity index (χ0v) is 30.6. The number of allylic oxidation sites excluding steroid dienone is 4. The highest BCUT2D eigenvalue weighted by Crippen LogP contribution is 2.45. The second-order valence-electron chi connectivity index (χ2n) is 12.7. The Balaban J connectivity index is 0.00000220. The predicted octanol–water partition coefficient (Wildman–Crippen LogP) is 13.9. The van der Waals surface area contributed by atoms with E-state index < -0.39 is 5.60 Å². The van der Waals surface area contributed by atoms with Gasteiger partial charge in [0.15, 0.2) is 5.60 Å². The summed E-state index contributed by atoms with van der Waals surface area (Å²) in [7, 11) is 0. The van der Waals surface area contributed by atoms with Crippen LogP contribution >= 0.6 is 0 Å². The van der Waals surface area contributed by atoms with Crippen molar-refractivity contribution in [1.29, 1.82) is 0 Å². The molecule has 1 aliphatic heterocycles.